The Labute approximate surface area is 206 Å². The Kier molecular flexibility index (Phi) is 5.16. The summed E-state index contributed by atoms with van der Waals surface area (Å²) in [6.45, 7) is 0. The van der Waals surface area contributed by atoms with Gasteiger partial charge in [-0.15, -0.1) is 0 Å². The lowest BCUT2D eigenvalue weighted by molar-refractivity contribution is -0.126. The summed E-state index contributed by atoms with van der Waals surface area (Å²) in [5.74, 6) is -1.95. The second-order valence-electron chi connectivity index (χ2n) is 8.79. The number of hydrogen-bond donors (Lipinski definition) is 0. The fourth-order valence-corrected chi connectivity index (χ4v) is 5.27. The Morgan fingerprint density at radius 3 is 1.83 bits per heavy atom. The molecule has 178 valence electrons. The summed E-state index contributed by atoms with van der Waals surface area (Å²) in [5, 5.41) is 1.57. The van der Waals surface area contributed by atoms with Gasteiger partial charge in [0.25, 0.3) is 5.91 Å². The van der Waals surface area contributed by atoms with E-state index >= 15 is 0 Å². The molecule has 0 N–H and O–H groups in total. The first-order valence-electron chi connectivity index (χ1n) is 11.5. The third-order valence-electron chi connectivity index (χ3n) is 6.83. The first-order chi connectivity index (χ1) is 17.5. The summed E-state index contributed by atoms with van der Waals surface area (Å²) in [4.78, 5) is 35.7. The van der Waals surface area contributed by atoms with Crippen LogP contribution in [0.25, 0.3) is 0 Å². The zero-order valence-corrected chi connectivity index (χ0v) is 18.9. The van der Waals surface area contributed by atoms with Crippen LogP contribution in [0, 0.1) is 11.6 Å². The van der Waals surface area contributed by atoms with Gasteiger partial charge in [-0.05, 0) is 59.7 Å². The van der Waals surface area contributed by atoms with Crippen molar-refractivity contribution in [3.05, 3.63) is 132 Å². The number of anilines is 2. The highest BCUT2D eigenvalue weighted by Crippen LogP contribution is 2.57. The average Bonchev–Trinajstić information content (AvgIpc) is 3.38. The minimum Gasteiger partial charge on any atom is -0.273 e. The third kappa shape index (κ3) is 3.17. The largest absolute Gasteiger partial charge is 0.273 e. The monoisotopic (exact) mass is 482 g/mol. The van der Waals surface area contributed by atoms with Gasteiger partial charge in [0, 0.05) is 0 Å². The fourth-order valence-electron chi connectivity index (χ4n) is 5.27. The summed E-state index contributed by atoms with van der Waals surface area (Å²) in [7, 11) is 0. The Hall–Kier alpha value is -4.36. The zero-order valence-electron chi connectivity index (χ0n) is 18.9. The Balaban J connectivity index is 1.61. The normalized spacial score (nSPS) is 23.3. The first kappa shape index (κ1) is 22.1. The van der Waals surface area contributed by atoms with E-state index in [9.17, 15) is 18.4 Å². The Morgan fingerprint density at radius 1 is 0.667 bits per heavy atom. The van der Waals surface area contributed by atoms with Crippen LogP contribution in [0.4, 0.5) is 20.2 Å². The number of nitrogens with zero attached hydrogens (tertiary/aromatic N) is 2. The number of hydrogen-bond acceptors (Lipinski definition) is 4. The molecule has 2 aliphatic rings. The number of para-hydroxylation sites is 1. The lowest BCUT2D eigenvalue weighted by atomic mass is 9.69. The van der Waals surface area contributed by atoms with Gasteiger partial charge in [-0.3, -0.25) is 14.4 Å². The molecule has 6 rings (SSSR count). The van der Waals surface area contributed by atoms with Gasteiger partial charge in [0.1, 0.15) is 23.1 Å². The molecule has 0 aromatic heterocycles. The van der Waals surface area contributed by atoms with E-state index in [4.69, 9.17) is 4.84 Å². The minimum atomic E-state index is -1.49. The van der Waals surface area contributed by atoms with E-state index in [2.05, 4.69) is 0 Å². The second-order valence-corrected chi connectivity index (χ2v) is 8.79. The molecule has 2 heterocycles. The van der Waals surface area contributed by atoms with Crippen LogP contribution in [-0.2, 0) is 19.8 Å². The minimum absolute atomic E-state index is 0.254. The molecule has 2 aliphatic heterocycles. The molecule has 5 nitrogen and oxygen atoms in total. The van der Waals surface area contributed by atoms with E-state index in [0.717, 1.165) is 4.90 Å². The van der Waals surface area contributed by atoms with Crippen LogP contribution in [-0.4, -0.2) is 17.9 Å². The lowest BCUT2D eigenvalue weighted by Crippen LogP contribution is -2.46. The molecule has 0 bridgehead atoms. The SMILES string of the molecule is O=C1C2ON(c3ccccc3)C(c3ccc(F)cc3)C2(c2ccccc2)C(=O)N1c1ccc(F)cc1. The summed E-state index contributed by atoms with van der Waals surface area (Å²) >= 11 is 0. The predicted octanol–water partition coefficient (Wildman–Crippen LogP) is 5.34. The van der Waals surface area contributed by atoms with Crippen molar-refractivity contribution in [1.29, 1.82) is 0 Å². The summed E-state index contributed by atoms with van der Waals surface area (Å²) < 4.78 is 27.6. The van der Waals surface area contributed by atoms with Gasteiger partial charge in [0.15, 0.2) is 6.10 Å². The Morgan fingerprint density at radius 2 is 1.22 bits per heavy atom. The van der Waals surface area contributed by atoms with Gasteiger partial charge >= 0.3 is 0 Å². The molecule has 3 unspecified atom stereocenters. The van der Waals surface area contributed by atoms with Crippen LogP contribution in [0.5, 0.6) is 0 Å². The van der Waals surface area contributed by atoms with E-state index in [-0.39, 0.29) is 5.69 Å². The topological polar surface area (TPSA) is 49.9 Å². The molecule has 4 aromatic carbocycles. The van der Waals surface area contributed by atoms with Crippen LogP contribution < -0.4 is 9.96 Å². The number of halogens is 2. The van der Waals surface area contributed by atoms with Crippen molar-refractivity contribution in [3.8, 4) is 0 Å². The molecule has 2 fully saturated rings. The fraction of sp³-hybridized carbons (Fsp3) is 0.103. The predicted molar refractivity (Wildman–Crippen MR) is 130 cm³/mol. The summed E-state index contributed by atoms with van der Waals surface area (Å²) in [6.07, 6.45) is -1.20. The van der Waals surface area contributed by atoms with Gasteiger partial charge in [-0.2, -0.15) is 0 Å². The van der Waals surface area contributed by atoms with E-state index in [1.165, 1.54) is 36.4 Å². The molecule has 3 atom stereocenters. The molecular formula is C29H20F2N2O3. The van der Waals surface area contributed by atoms with Gasteiger partial charge in [-0.25, -0.2) is 18.7 Å². The number of amides is 2. The maximum atomic E-state index is 14.5. The van der Waals surface area contributed by atoms with Crippen LogP contribution in [0.2, 0.25) is 0 Å². The molecule has 36 heavy (non-hydrogen) atoms. The second kappa shape index (κ2) is 8.39. The number of rotatable bonds is 4. The molecule has 4 aromatic rings. The summed E-state index contributed by atoms with van der Waals surface area (Å²) in [6, 6.07) is 28.4. The van der Waals surface area contributed by atoms with Gasteiger partial charge in [-0.1, -0.05) is 60.7 Å². The number of carbonyl (C=O) groups is 2. The highest BCUT2D eigenvalue weighted by Gasteiger charge is 2.72. The van der Waals surface area contributed by atoms with Crippen LogP contribution in [0.1, 0.15) is 17.2 Å². The van der Waals surface area contributed by atoms with Crippen LogP contribution >= 0.6 is 0 Å². The van der Waals surface area contributed by atoms with Gasteiger partial charge < -0.3 is 0 Å². The van der Waals surface area contributed by atoms with Crippen molar-refractivity contribution >= 4 is 23.2 Å². The van der Waals surface area contributed by atoms with E-state index in [0.29, 0.717) is 16.8 Å². The molecular weight excluding hydrogens is 462 g/mol. The smallest absolute Gasteiger partial charge is 0.267 e. The van der Waals surface area contributed by atoms with E-state index in [1.54, 1.807) is 41.5 Å². The molecule has 7 heteroatoms. The first-order valence-corrected chi connectivity index (χ1v) is 11.5. The maximum Gasteiger partial charge on any atom is 0.267 e. The van der Waals surface area contributed by atoms with Crippen molar-refractivity contribution in [1.82, 2.24) is 0 Å². The van der Waals surface area contributed by atoms with Crippen molar-refractivity contribution < 1.29 is 23.2 Å². The molecule has 2 amide bonds. The number of benzene rings is 4. The molecule has 0 radical (unpaired) electrons. The van der Waals surface area contributed by atoms with Crippen LogP contribution in [0.3, 0.4) is 0 Å². The van der Waals surface area contributed by atoms with Crippen molar-refractivity contribution in [2.45, 2.75) is 17.6 Å². The number of hydroxylamine groups is 1. The van der Waals surface area contributed by atoms with Crippen LogP contribution in [0.15, 0.2) is 109 Å². The maximum absolute atomic E-state index is 14.5. The number of imide groups is 1. The van der Waals surface area contributed by atoms with Crippen molar-refractivity contribution in [3.63, 3.8) is 0 Å². The zero-order chi connectivity index (χ0) is 24.9. The van der Waals surface area contributed by atoms with Gasteiger partial charge in [0.05, 0.1) is 11.4 Å². The standard InChI is InChI=1S/C29H20F2N2O3/c30-21-13-11-19(12-14-21)25-29(20-7-3-1-4-8-20)26(36-33(25)24-9-5-2-6-10-24)27(34)32(28(29)35)23-17-15-22(31)16-18-23/h1-18,25-26H. The average molecular weight is 482 g/mol. The van der Waals surface area contributed by atoms with E-state index < -0.39 is 41.0 Å². The molecule has 0 spiro atoms. The van der Waals surface area contributed by atoms with Gasteiger partial charge in [0.2, 0.25) is 5.91 Å². The van der Waals surface area contributed by atoms with Crippen molar-refractivity contribution in [2.24, 2.45) is 0 Å². The number of fused-ring (bicyclic) bond motifs is 1. The molecule has 2 saturated heterocycles. The summed E-state index contributed by atoms with van der Waals surface area (Å²) in [5.41, 5.74) is 0.606. The Bertz CT molecular complexity index is 1430. The highest BCUT2D eigenvalue weighted by molar-refractivity contribution is 6.28. The van der Waals surface area contributed by atoms with E-state index in [1.807, 2.05) is 36.4 Å². The number of carbonyl (C=O) groups excluding carboxylic acids is 2. The lowest BCUT2D eigenvalue weighted by Gasteiger charge is -2.35. The van der Waals surface area contributed by atoms with Crippen molar-refractivity contribution in [2.75, 3.05) is 9.96 Å². The molecule has 0 saturated carbocycles. The third-order valence-corrected chi connectivity index (χ3v) is 6.83. The highest BCUT2D eigenvalue weighted by atomic mass is 19.1. The molecule has 0 aliphatic carbocycles. The quantitative estimate of drug-likeness (QED) is 0.369.